The van der Waals surface area contributed by atoms with Crippen LogP contribution in [0.2, 0.25) is 0 Å². The predicted molar refractivity (Wildman–Crippen MR) is 92.5 cm³/mol. The van der Waals surface area contributed by atoms with Crippen LogP contribution in [0.3, 0.4) is 0 Å². The van der Waals surface area contributed by atoms with Crippen molar-refractivity contribution in [2.75, 3.05) is 6.61 Å². The van der Waals surface area contributed by atoms with Crippen LogP contribution < -0.4 is 0 Å². The van der Waals surface area contributed by atoms with Crippen LogP contribution in [0, 0.1) is 11.3 Å². The number of alkyl halides is 3. The van der Waals surface area contributed by atoms with Gasteiger partial charge in [0.05, 0.1) is 0 Å². The van der Waals surface area contributed by atoms with Gasteiger partial charge in [-0.1, -0.05) is 5.16 Å². The van der Waals surface area contributed by atoms with Crippen LogP contribution in [0.25, 0.3) is 0 Å². The van der Waals surface area contributed by atoms with Gasteiger partial charge in [-0.3, -0.25) is 13.9 Å². The summed E-state index contributed by atoms with van der Waals surface area (Å²) in [7, 11) is -6.10. The van der Waals surface area contributed by atoms with Gasteiger partial charge in [-0.15, -0.1) is 0 Å². The lowest BCUT2D eigenvalue weighted by Gasteiger charge is -2.19. The zero-order chi connectivity index (χ0) is 23.4. The Bertz CT molecular complexity index is 1050. The fraction of sp³-hybridized carbons (Fsp3) is 0.312. The van der Waals surface area contributed by atoms with Crippen molar-refractivity contribution in [3.63, 3.8) is 0 Å². The first kappa shape index (κ1) is 23.6. The second-order valence-corrected chi connectivity index (χ2v) is 7.46. The maximum atomic E-state index is 14.0. The second kappa shape index (κ2) is 9.00. The van der Waals surface area contributed by atoms with Gasteiger partial charge in [0.1, 0.15) is 18.4 Å². The standard InChI is InChI=1S/C16H12F3N3O8S/c17-12(8-29-15(26)22-13(24)5-6-14(22)25)16(18,19)31(27,28)30-21-11(7-20)9-1-3-10(23)4-2-9/h1-4,12,23H,5-6,8H2/b21-11-. The number of aromatic hydroxyl groups is 1. The minimum Gasteiger partial charge on any atom is -0.508 e. The van der Waals surface area contributed by atoms with Gasteiger partial charge < -0.3 is 9.84 Å². The van der Waals surface area contributed by atoms with Crippen LogP contribution in [-0.4, -0.2) is 60.1 Å². The highest BCUT2D eigenvalue weighted by Gasteiger charge is 2.56. The van der Waals surface area contributed by atoms with Crippen molar-refractivity contribution >= 4 is 33.7 Å². The topological polar surface area (TPSA) is 163 Å². The minimum atomic E-state index is -6.10. The van der Waals surface area contributed by atoms with Crippen LogP contribution in [-0.2, 0) is 28.7 Å². The average Bonchev–Trinajstić information content (AvgIpc) is 3.05. The number of carbonyl (C=O) groups is 3. The summed E-state index contributed by atoms with van der Waals surface area (Å²) in [6.07, 6.45) is -6.05. The van der Waals surface area contributed by atoms with Crippen LogP contribution in [0.1, 0.15) is 18.4 Å². The van der Waals surface area contributed by atoms with Crippen molar-refractivity contribution in [2.24, 2.45) is 5.16 Å². The molecule has 1 aliphatic rings. The molecule has 0 bridgehead atoms. The number of oxime groups is 1. The van der Waals surface area contributed by atoms with E-state index in [1.807, 2.05) is 0 Å². The molecule has 15 heteroatoms. The smallest absolute Gasteiger partial charge is 0.423 e. The highest BCUT2D eigenvalue weighted by atomic mass is 32.2. The quantitative estimate of drug-likeness (QED) is 0.355. The van der Waals surface area contributed by atoms with E-state index in [0.29, 0.717) is 0 Å². The van der Waals surface area contributed by atoms with Gasteiger partial charge in [-0.2, -0.15) is 27.4 Å². The number of hydrogen-bond donors (Lipinski definition) is 1. The molecular formula is C16H12F3N3O8S. The molecule has 1 fully saturated rings. The van der Waals surface area contributed by atoms with Crippen molar-refractivity contribution in [1.29, 1.82) is 5.26 Å². The van der Waals surface area contributed by atoms with Crippen molar-refractivity contribution in [1.82, 2.24) is 4.90 Å². The Hall–Kier alpha value is -3.67. The maximum Gasteiger partial charge on any atom is 0.423 e. The van der Waals surface area contributed by atoms with Crippen LogP contribution in [0.15, 0.2) is 29.4 Å². The SMILES string of the molecule is N#C/C(=N/OS(=O)(=O)C(F)(F)C(F)COC(=O)N1C(=O)CCC1=O)c1ccc(O)cc1. The minimum absolute atomic E-state index is 0.0169. The van der Waals surface area contributed by atoms with Crippen molar-refractivity contribution in [3.05, 3.63) is 29.8 Å². The number of likely N-dealkylation sites (tertiary alicyclic amines) is 1. The Morgan fingerprint density at radius 3 is 2.32 bits per heavy atom. The van der Waals surface area contributed by atoms with Gasteiger partial charge in [0.15, 0.2) is 5.71 Å². The van der Waals surface area contributed by atoms with Gasteiger partial charge in [0.25, 0.3) is 0 Å². The van der Waals surface area contributed by atoms with Gasteiger partial charge in [-0.25, -0.2) is 9.18 Å². The average molecular weight is 463 g/mol. The first-order valence-electron chi connectivity index (χ1n) is 8.16. The Morgan fingerprint density at radius 2 is 1.81 bits per heavy atom. The molecule has 1 saturated heterocycles. The highest BCUT2D eigenvalue weighted by molar-refractivity contribution is 7.87. The van der Waals surface area contributed by atoms with E-state index in [0.717, 1.165) is 24.3 Å². The second-order valence-electron chi connectivity index (χ2n) is 5.86. The summed E-state index contributed by atoms with van der Waals surface area (Å²) in [6, 6.07) is 5.76. The molecule has 3 amide bonds. The van der Waals surface area contributed by atoms with Crippen molar-refractivity contribution in [2.45, 2.75) is 24.3 Å². The summed E-state index contributed by atoms with van der Waals surface area (Å²) < 4.78 is 73.0. The number of ether oxygens (including phenoxy) is 1. The number of hydrogen-bond acceptors (Lipinski definition) is 10. The summed E-state index contributed by atoms with van der Waals surface area (Å²) in [4.78, 5) is 34.2. The summed E-state index contributed by atoms with van der Waals surface area (Å²) in [5.74, 6) is -2.19. The Morgan fingerprint density at radius 1 is 1.26 bits per heavy atom. The third-order valence-corrected chi connectivity index (χ3v) is 4.95. The molecule has 1 unspecified atom stereocenters. The highest BCUT2D eigenvalue weighted by Crippen LogP contribution is 2.30. The van der Waals surface area contributed by atoms with E-state index in [4.69, 9.17) is 10.4 Å². The molecule has 1 N–H and O–H groups in total. The zero-order valence-corrected chi connectivity index (χ0v) is 16.0. The fourth-order valence-corrected chi connectivity index (χ4v) is 2.79. The van der Waals surface area contributed by atoms with E-state index < -0.39 is 51.8 Å². The number of imide groups is 3. The number of phenolic OH excluding ortho intramolecular Hbond substituents is 1. The lowest BCUT2D eigenvalue weighted by Crippen LogP contribution is -2.44. The maximum absolute atomic E-state index is 14.0. The molecule has 1 aromatic rings. The van der Waals surface area contributed by atoms with E-state index in [1.165, 1.54) is 6.07 Å². The molecule has 1 aromatic carbocycles. The van der Waals surface area contributed by atoms with E-state index in [9.17, 15) is 36.0 Å². The number of carbonyl (C=O) groups excluding carboxylic acids is 3. The number of phenols is 1. The number of halogens is 3. The lowest BCUT2D eigenvalue weighted by molar-refractivity contribution is -0.136. The third kappa shape index (κ3) is 5.09. The molecule has 0 aromatic heterocycles. The zero-order valence-electron chi connectivity index (χ0n) is 15.2. The molecule has 1 atom stereocenters. The largest absolute Gasteiger partial charge is 0.508 e. The Labute approximate surface area is 172 Å². The third-order valence-electron chi connectivity index (χ3n) is 3.76. The first-order valence-corrected chi connectivity index (χ1v) is 9.56. The van der Waals surface area contributed by atoms with Crippen LogP contribution in [0.4, 0.5) is 18.0 Å². The molecule has 0 radical (unpaired) electrons. The van der Waals surface area contributed by atoms with Gasteiger partial charge >= 0.3 is 21.5 Å². The molecule has 2 rings (SSSR count). The van der Waals surface area contributed by atoms with Gasteiger partial charge in [0.2, 0.25) is 18.0 Å². The first-order chi connectivity index (χ1) is 14.4. The van der Waals surface area contributed by atoms with Gasteiger partial charge in [-0.05, 0) is 24.3 Å². The molecular weight excluding hydrogens is 451 g/mol. The number of amides is 3. The van der Waals surface area contributed by atoms with Crippen LogP contribution >= 0.6 is 0 Å². The van der Waals surface area contributed by atoms with Crippen LogP contribution in [0.5, 0.6) is 5.75 Å². The molecule has 1 aliphatic heterocycles. The normalized spacial score (nSPS) is 16.1. The number of nitriles is 1. The summed E-state index contributed by atoms with van der Waals surface area (Å²) in [6.45, 7) is -1.84. The van der Waals surface area contributed by atoms with Crippen molar-refractivity contribution in [3.8, 4) is 11.8 Å². The Balaban J connectivity index is 2.08. The number of nitrogens with zero attached hydrogens (tertiary/aromatic N) is 3. The number of rotatable bonds is 7. The molecule has 1 heterocycles. The van der Waals surface area contributed by atoms with Gasteiger partial charge in [0, 0.05) is 18.4 Å². The number of benzene rings is 1. The van der Waals surface area contributed by atoms with E-state index in [1.54, 1.807) is 0 Å². The van der Waals surface area contributed by atoms with E-state index >= 15 is 0 Å². The molecule has 166 valence electrons. The van der Waals surface area contributed by atoms with Crippen molar-refractivity contribution < 1.29 is 50.1 Å². The molecule has 0 spiro atoms. The molecule has 0 saturated carbocycles. The summed E-state index contributed by atoms with van der Waals surface area (Å²) in [5.41, 5.74) is -0.892. The summed E-state index contributed by atoms with van der Waals surface area (Å²) in [5, 5.41) is 15.6. The van der Waals surface area contributed by atoms with E-state index in [-0.39, 0.29) is 29.1 Å². The molecule has 0 aliphatic carbocycles. The Kier molecular flexibility index (Phi) is 6.85. The van der Waals surface area contributed by atoms with E-state index in [2.05, 4.69) is 14.2 Å². The monoisotopic (exact) mass is 463 g/mol. The molecule has 11 nitrogen and oxygen atoms in total. The fourth-order valence-electron chi connectivity index (χ4n) is 2.14. The summed E-state index contributed by atoms with van der Waals surface area (Å²) >= 11 is 0. The lowest BCUT2D eigenvalue weighted by atomic mass is 10.1. The predicted octanol–water partition coefficient (Wildman–Crippen LogP) is 1.18. The molecule has 31 heavy (non-hydrogen) atoms.